The quantitative estimate of drug-likeness (QED) is 0.789. The molecule has 0 bridgehead atoms. The van der Waals surface area contributed by atoms with Gasteiger partial charge in [-0.2, -0.15) is 0 Å². The topological polar surface area (TPSA) is 57.7 Å². The number of rotatable bonds is 2. The molecule has 0 unspecified atom stereocenters. The van der Waals surface area contributed by atoms with Crippen LogP contribution in [0, 0.1) is 6.92 Å². The number of H-pyrrole nitrogens is 1. The highest BCUT2D eigenvalue weighted by atomic mass is 15.2. The van der Waals surface area contributed by atoms with Gasteiger partial charge in [-0.25, -0.2) is 9.97 Å². The van der Waals surface area contributed by atoms with Crippen LogP contribution in [0.3, 0.4) is 0 Å². The van der Waals surface area contributed by atoms with E-state index in [2.05, 4.69) is 45.0 Å². The Morgan fingerprint density at radius 2 is 2.05 bits per heavy atom. The average Bonchev–Trinajstić information content (AvgIpc) is 3.02. The van der Waals surface area contributed by atoms with Crippen LogP contribution in [0.4, 0.5) is 5.82 Å². The smallest absolute Gasteiger partial charge is 0.147 e. The highest BCUT2D eigenvalue weighted by Crippen LogP contribution is 2.29. The second-order valence-corrected chi connectivity index (χ2v) is 5.92. The van der Waals surface area contributed by atoms with E-state index in [1.54, 1.807) is 12.4 Å². The van der Waals surface area contributed by atoms with Gasteiger partial charge in [-0.05, 0) is 31.4 Å². The summed E-state index contributed by atoms with van der Waals surface area (Å²) in [6.45, 7) is 4.11. The number of aryl methyl sites for hydroxylation is 1. The summed E-state index contributed by atoms with van der Waals surface area (Å²) in [5, 5.41) is 0. The third-order valence-corrected chi connectivity index (χ3v) is 4.49. The van der Waals surface area contributed by atoms with E-state index in [-0.39, 0.29) is 0 Å². The summed E-state index contributed by atoms with van der Waals surface area (Å²) in [5.74, 6) is 2.60. The normalized spacial score (nSPS) is 16.3. The Labute approximate surface area is 129 Å². The largest absolute Gasteiger partial charge is 0.355 e. The Bertz CT molecular complexity index is 772. The molecular weight excluding hydrogens is 274 g/mol. The van der Waals surface area contributed by atoms with Gasteiger partial charge in [-0.1, -0.05) is 12.1 Å². The first-order valence-corrected chi connectivity index (χ1v) is 7.77. The average molecular weight is 293 g/mol. The van der Waals surface area contributed by atoms with E-state index >= 15 is 0 Å². The van der Waals surface area contributed by atoms with Crippen molar-refractivity contribution in [2.75, 3.05) is 18.0 Å². The maximum atomic E-state index is 4.83. The van der Waals surface area contributed by atoms with Crippen LogP contribution in [-0.2, 0) is 0 Å². The number of para-hydroxylation sites is 1. The molecule has 1 N–H and O–H groups in total. The first-order valence-electron chi connectivity index (χ1n) is 7.77. The van der Waals surface area contributed by atoms with E-state index in [1.807, 2.05) is 6.20 Å². The first-order chi connectivity index (χ1) is 10.8. The van der Waals surface area contributed by atoms with Gasteiger partial charge in [0.2, 0.25) is 0 Å². The maximum Gasteiger partial charge on any atom is 0.147 e. The lowest BCUT2D eigenvalue weighted by Gasteiger charge is -2.31. The van der Waals surface area contributed by atoms with E-state index < -0.39 is 0 Å². The number of aromatic nitrogens is 4. The highest BCUT2D eigenvalue weighted by molar-refractivity contribution is 5.78. The zero-order chi connectivity index (χ0) is 14.9. The van der Waals surface area contributed by atoms with E-state index in [0.29, 0.717) is 5.92 Å². The fraction of sp³-hybridized carbons (Fsp3) is 0.353. The van der Waals surface area contributed by atoms with Crippen LogP contribution < -0.4 is 4.90 Å². The molecule has 0 saturated carbocycles. The fourth-order valence-electron chi connectivity index (χ4n) is 3.22. The van der Waals surface area contributed by atoms with Crippen LogP contribution in [0.2, 0.25) is 0 Å². The minimum atomic E-state index is 0.500. The molecule has 1 fully saturated rings. The summed E-state index contributed by atoms with van der Waals surface area (Å²) in [4.78, 5) is 19.2. The summed E-state index contributed by atoms with van der Waals surface area (Å²) < 4.78 is 0. The van der Waals surface area contributed by atoms with Crippen molar-refractivity contribution in [3.63, 3.8) is 0 Å². The fourth-order valence-corrected chi connectivity index (χ4v) is 3.22. The van der Waals surface area contributed by atoms with Crippen LogP contribution in [-0.4, -0.2) is 33.0 Å². The number of imidazole rings is 1. The van der Waals surface area contributed by atoms with Crippen molar-refractivity contribution in [2.45, 2.75) is 25.7 Å². The summed E-state index contributed by atoms with van der Waals surface area (Å²) in [5.41, 5.74) is 3.48. The van der Waals surface area contributed by atoms with Gasteiger partial charge < -0.3 is 9.88 Å². The predicted octanol–water partition coefficient (Wildman–Crippen LogP) is 3.05. The van der Waals surface area contributed by atoms with Crippen LogP contribution >= 0.6 is 0 Å². The lowest BCUT2D eigenvalue weighted by Crippen LogP contribution is -2.33. The number of piperidine rings is 1. The summed E-state index contributed by atoms with van der Waals surface area (Å²) >= 11 is 0. The predicted molar refractivity (Wildman–Crippen MR) is 87.1 cm³/mol. The Morgan fingerprint density at radius 1 is 1.18 bits per heavy atom. The van der Waals surface area contributed by atoms with Crippen molar-refractivity contribution in [1.82, 2.24) is 19.9 Å². The molecule has 0 amide bonds. The summed E-state index contributed by atoms with van der Waals surface area (Å²) in [6, 6.07) is 6.30. The van der Waals surface area contributed by atoms with Crippen molar-refractivity contribution < 1.29 is 0 Å². The van der Waals surface area contributed by atoms with Crippen LogP contribution in [0.5, 0.6) is 0 Å². The van der Waals surface area contributed by atoms with Crippen molar-refractivity contribution in [3.8, 4) is 0 Å². The summed E-state index contributed by atoms with van der Waals surface area (Å²) in [6.07, 6.45) is 7.49. The third kappa shape index (κ3) is 2.32. The number of hydrogen-bond donors (Lipinski definition) is 1. The highest BCUT2D eigenvalue weighted by Gasteiger charge is 2.24. The monoisotopic (exact) mass is 293 g/mol. The zero-order valence-corrected chi connectivity index (χ0v) is 12.7. The molecule has 22 heavy (non-hydrogen) atoms. The molecule has 3 aromatic rings. The Kier molecular flexibility index (Phi) is 3.25. The SMILES string of the molecule is Cc1cccc2[nH]c(C3CCN(c4cnccn4)CC3)nc12. The minimum absolute atomic E-state index is 0.500. The molecule has 0 aliphatic carbocycles. The number of anilines is 1. The summed E-state index contributed by atoms with van der Waals surface area (Å²) in [7, 11) is 0. The Balaban J connectivity index is 1.52. The van der Waals surface area contributed by atoms with Gasteiger partial charge in [0.15, 0.2) is 0 Å². The van der Waals surface area contributed by atoms with Crippen LogP contribution in [0.1, 0.15) is 30.1 Å². The van der Waals surface area contributed by atoms with E-state index in [1.165, 1.54) is 5.56 Å². The molecule has 5 heteroatoms. The molecule has 1 saturated heterocycles. The van der Waals surface area contributed by atoms with E-state index in [9.17, 15) is 0 Å². The number of fused-ring (bicyclic) bond motifs is 1. The molecule has 1 aliphatic heterocycles. The lowest BCUT2D eigenvalue weighted by molar-refractivity contribution is 0.487. The Hall–Kier alpha value is -2.43. The molecule has 0 atom stereocenters. The number of aromatic amines is 1. The molecular formula is C17H19N5. The van der Waals surface area contributed by atoms with E-state index in [4.69, 9.17) is 4.98 Å². The number of benzene rings is 1. The second kappa shape index (κ2) is 5.40. The maximum absolute atomic E-state index is 4.83. The second-order valence-electron chi connectivity index (χ2n) is 5.92. The molecule has 0 spiro atoms. The van der Waals surface area contributed by atoms with Crippen LogP contribution in [0.15, 0.2) is 36.8 Å². The van der Waals surface area contributed by atoms with E-state index in [0.717, 1.165) is 48.6 Å². The van der Waals surface area contributed by atoms with Crippen molar-refractivity contribution in [2.24, 2.45) is 0 Å². The minimum Gasteiger partial charge on any atom is -0.355 e. The van der Waals surface area contributed by atoms with Gasteiger partial charge in [0.05, 0.1) is 17.2 Å². The molecule has 112 valence electrons. The molecule has 1 aliphatic rings. The molecule has 1 aromatic carbocycles. The van der Waals surface area contributed by atoms with Crippen molar-refractivity contribution in [1.29, 1.82) is 0 Å². The molecule has 4 rings (SSSR count). The molecule has 3 heterocycles. The van der Waals surface area contributed by atoms with Gasteiger partial charge in [0, 0.05) is 31.4 Å². The standard InChI is InChI=1S/C17H19N5/c1-12-3-2-4-14-16(12)21-17(20-14)13-5-9-22(10-6-13)15-11-18-7-8-19-15/h2-4,7-8,11,13H,5-6,9-10H2,1H3,(H,20,21). The van der Waals surface area contributed by atoms with Gasteiger partial charge in [-0.3, -0.25) is 4.98 Å². The number of nitrogens with one attached hydrogen (secondary N) is 1. The van der Waals surface area contributed by atoms with Gasteiger partial charge >= 0.3 is 0 Å². The first kappa shape index (κ1) is 13.2. The molecule has 5 nitrogen and oxygen atoms in total. The van der Waals surface area contributed by atoms with Crippen molar-refractivity contribution >= 4 is 16.9 Å². The molecule has 0 radical (unpaired) electrons. The van der Waals surface area contributed by atoms with Gasteiger partial charge in [-0.15, -0.1) is 0 Å². The third-order valence-electron chi connectivity index (χ3n) is 4.49. The Morgan fingerprint density at radius 3 is 2.77 bits per heavy atom. The number of hydrogen-bond acceptors (Lipinski definition) is 4. The molecule has 2 aromatic heterocycles. The number of nitrogens with zero attached hydrogens (tertiary/aromatic N) is 4. The van der Waals surface area contributed by atoms with Crippen molar-refractivity contribution in [3.05, 3.63) is 48.2 Å². The van der Waals surface area contributed by atoms with Crippen LogP contribution in [0.25, 0.3) is 11.0 Å². The van der Waals surface area contributed by atoms with Gasteiger partial charge in [0.1, 0.15) is 11.6 Å². The zero-order valence-electron chi connectivity index (χ0n) is 12.7. The van der Waals surface area contributed by atoms with Gasteiger partial charge in [0.25, 0.3) is 0 Å². The lowest BCUT2D eigenvalue weighted by atomic mass is 9.96.